The van der Waals surface area contributed by atoms with Crippen molar-refractivity contribution in [3.8, 4) is 5.75 Å². The fourth-order valence-electron chi connectivity index (χ4n) is 2.14. The van der Waals surface area contributed by atoms with Crippen LogP contribution in [0.4, 0.5) is 4.79 Å². The molecule has 1 aliphatic heterocycles. The van der Waals surface area contributed by atoms with Crippen LogP contribution in [0, 0.1) is 0 Å². The summed E-state index contributed by atoms with van der Waals surface area (Å²) in [6, 6.07) is 3.65. The second-order valence-corrected chi connectivity index (χ2v) is 7.76. The molecule has 4 nitrogen and oxygen atoms in total. The number of thioether (sulfide) groups is 1. The highest BCUT2D eigenvalue weighted by molar-refractivity contribution is 9.11. The number of halogens is 2. The molecule has 0 aliphatic carbocycles. The van der Waals surface area contributed by atoms with Gasteiger partial charge in [-0.25, -0.2) is 0 Å². The van der Waals surface area contributed by atoms with Crippen LogP contribution < -0.4 is 4.74 Å². The van der Waals surface area contributed by atoms with Crippen LogP contribution in [-0.2, 0) is 4.79 Å². The topological polar surface area (TPSA) is 46.6 Å². The van der Waals surface area contributed by atoms with Crippen LogP contribution in [0.1, 0.15) is 32.8 Å². The monoisotopic (exact) mass is 461 g/mol. The Bertz CT molecular complexity index is 652. The molecule has 2 amide bonds. The smallest absolute Gasteiger partial charge is 0.293 e. The number of imide groups is 1. The summed E-state index contributed by atoms with van der Waals surface area (Å²) in [6.45, 7) is 6.31. The summed E-state index contributed by atoms with van der Waals surface area (Å²) in [5.41, 5.74) is 0.821. The quantitative estimate of drug-likeness (QED) is 0.546. The number of nitrogens with zero attached hydrogens (tertiary/aromatic N) is 1. The Morgan fingerprint density at radius 1 is 1.26 bits per heavy atom. The first kappa shape index (κ1) is 18.5. The minimum atomic E-state index is -0.226. The lowest BCUT2D eigenvalue weighted by Gasteiger charge is -2.19. The summed E-state index contributed by atoms with van der Waals surface area (Å²) in [7, 11) is 0. The Labute approximate surface area is 156 Å². The van der Waals surface area contributed by atoms with Crippen LogP contribution in [0.3, 0.4) is 0 Å². The van der Waals surface area contributed by atoms with Gasteiger partial charge in [0.1, 0.15) is 5.75 Å². The zero-order valence-electron chi connectivity index (χ0n) is 13.1. The van der Waals surface area contributed by atoms with Crippen LogP contribution in [0.5, 0.6) is 5.75 Å². The van der Waals surface area contributed by atoms with Crippen molar-refractivity contribution in [3.05, 3.63) is 31.5 Å². The van der Waals surface area contributed by atoms with Gasteiger partial charge >= 0.3 is 0 Å². The van der Waals surface area contributed by atoms with Crippen molar-refractivity contribution in [2.75, 3.05) is 6.61 Å². The Balaban J connectivity index is 2.33. The van der Waals surface area contributed by atoms with Gasteiger partial charge in [0.25, 0.3) is 11.1 Å². The predicted molar refractivity (Wildman–Crippen MR) is 101 cm³/mol. The normalized spacial score (nSPS) is 18.0. The van der Waals surface area contributed by atoms with Gasteiger partial charge in [0.05, 0.1) is 20.5 Å². The molecule has 0 saturated carbocycles. The van der Waals surface area contributed by atoms with E-state index in [1.54, 1.807) is 6.08 Å². The largest absolute Gasteiger partial charge is 0.492 e. The minimum Gasteiger partial charge on any atom is -0.492 e. The van der Waals surface area contributed by atoms with Gasteiger partial charge in [0.15, 0.2) is 0 Å². The molecule has 0 bridgehead atoms. The molecule has 23 heavy (non-hydrogen) atoms. The van der Waals surface area contributed by atoms with Gasteiger partial charge in [0.2, 0.25) is 0 Å². The maximum atomic E-state index is 12.4. The van der Waals surface area contributed by atoms with Gasteiger partial charge in [-0.15, -0.1) is 0 Å². The van der Waals surface area contributed by atoms with E-state index >= 15 is 0 Å². The number of benzene rings is 1. The molecule has 0 radical (unpaired) electrons. The molecular weight excluding hydrogens is 446 g/mol. The molecule has 0 N–H and O–H groups in total. The lowest BCUT2D eigenvalue weighted by Crippen LogP contribution is -2.36. The SMILES string of the molecule is CCOc1c(Br)cc(/C=C2/SC(=O)N([C@H](C)CC)C2=O)cc1Br. The molecule has 1 atom stereocenters. The first-order valence-corrected chi connectivity index (χ1v) is 9.68. The second kappa shape index (κ2) is 7.85. The highest BCUT2D eigenvalue weighted by Crippen LogP contribution is 2.38. The summed E-state index contributed by atoms with van der Waals surface area (Å²) in [6.07, 6.45) is 2.48. The molecule has 1 aromatic rings. The van der Waals surface area contributed by atoms with E-state index in [9.17, 15) is 9.59 Å². The Morgan fingerprint density at radius 2 is 1.87 bits per heavy atom. The number of amides is 2. The Morgan fingerprint density at radius 3 is 2.39 bits per heavy atom. The number of carbonyl (C=O) groups is 2. The maximum absolute atomic E-state index is 12.4. The number of hydrogen-bond donors (Lipinski definition) is 0. The van der Waals surface area contributed by atoms with Crippen molar-refractivity contribution in [1.29, 1.82) is 0 Å². The molecule has 1 aliphatic rings. The third-order valence-electron chi connectivity index (χ3n) is 3.46. The third-order valence-corrected chi connectivity index (χ3v) is 5.52. The van der Waals surface area contributed by atoms with Gasteiger partial charge in [-0.2, -0.15) is 0 Å². The molecule has 1 heterocycles. The molecule has 124 valence electrons. The van der Waals surface area contributed by atoms with Crippen LogP contribution in [0.15, 0.2) is 26.0 Å². The molecule has 7 heteroatoms. The average Bonchev–Trinajstić information content (AvgIpc) is 2.76. The second-order valence-electron chi connectivity index (χ2n) is 5.06. The van der Waals surface area contributed by atoms with Crippen molar-refractivity contribution in [1.82, 2.24) is 4.90 Å². The zero-order valence-corrected chi connectivity index (χ0v) is 17.0. The molecule has 0 aromatic heterocycles. The van der Waals surface area contributed by atoms with Gasteiger partial charge < -0.3 is 4.74 Å². The van der Waals surface area contributed by atoms with Crippen molar-refractivity contribution in [2.45, 2.75) is 33.2 Å². The summed E-state index contributed by atoms with van der Waals surface area (Å²) in [5, 5.41) is -0.209. The summed E-state index contributed by atoms with van der Waals surface area (Å²) < 4.78 is 7.13. The first-order valence-electron chi connectivity index (χ1n) is 7.27. The third kappa shape index (κ3) is 4.00. The molecule has 1 aromatic carbocycles. The number of rotatable bonds is 5. The van der Waals surface area contributed by atoms with Gasteiger partial charge in [-0.3, -0.25) is 14.5 Å². The predicted octanol–water partition coefficient (Wildman–Crippen LogP) is 5.45. The van der Waals surface area contributed by atoms with E-state index in [1.165, 1.54) is 4.90 Å². The van der Waals surface area contributed by atoms with Gasteiger partial charge in [-0.1, -0.05) is 6.92 Å². The summed E-state index contributed by atoms with van der Waals surface area (Å²) >= 11 is 7.92. The van der Waals surface area contributed by atoms with Crippen LogP contribution >= 0.6 is 43.6 Å². The molecule has 0 spiro atoms. The molecule has 0 unspecified atom stereocenters. The van der Waals surface area contributed by atoms with E-state index in [0.717, 1.165) is 38.4 Å². The van der Waals surface area contributed by atoms with Crippen LogP contribution in [-0.4, -0.2) is 28.7 Å². The Kier molecular flexibility index (Phi) is 6.33. The van der Waals surface area contributed by atoms with E-state index in [1.807, 2.05) is 32.9 Å². The van der Waals surface area contributed by atoms with Crippen molar-refractivity contribution >= 4 is 60.8 Å². The van der Waals surface area contributed by atoms with E-state index < -0.39 is 0 Å². The molecular formula is C16H17Br2NO3S. The van der Waals surface area contributed by atoms with E-state index in [-0.39, 0.29) is 17.2 Å². The summed E-state index contributed by atoms with van der Waals surface area (Å²) in [5.74, 6) is 0.493. The van der Waals surface area contributed by atoms with Crippen molar-refractivity contribution < 1.29 is 14.3 Å². The van der Waals surface area contributed by atoms with Gasteiger partial charge in [-0.05, 0) is 87.7 Å². The number of hydrogen-bond acceptors (Lipinski definition) is 4. The number of ether oxygens (including phenoxy) is 1. The fraction of sp³-hybridized carbons (Fsp3) is 0.375. The highest BCUT2D eigenvalue weighted by Gasteiger charge is 2.37. The lowest BCUT2D eigenvalue weighted by atomic mass is 10.2. The first-order chi connectivity index (χ1) is 10.9. The van der Waals surface area contributed by atoms with Crippen molar-refractivity contribution in [2.24, 2.45) is 0 Å². The van der Waals surface area contributed by atoms with Crippen LogP contribution in [0.25, 0.3) is 6.08 Å². The lowest BCUT2D eigenvalue weighted by molar-refractivity contribution is -0.124. The zero-order chi connectivity index (χ0) is 17.1. The van der Waals surface area contributed by atoms with E-state index in [4.69, 9.17) is 4.74 Å². The standard InChI is InChI=1S/C16H17Br2NO3S/c1-4-9(3)19-15(20)13(23-16(19)21)8-10-6-11(17)14(22-5-2)12(18)7-10/h6-9H,4-5H2,1-3H3/b13-8+/t9-/m1/s1. The fourth-order valence-corrected chi connectivity index (χ4v) is 4.52. The van der Waals surface area contributed by atoms with Crippen molar-refractivity contribution in [3.63, 3.8) is 0 Å². The van der Waals surface area contributed by atoms with E-state index in [2.05, 4.69) is 31.9 Å². The molecule has 1 fully saturated rings. The number of carbonyl (C=O) groups excluding carboxylic acids is 2. The van der Waals surface area contributed by atoms with Crippen LogP contribution in [0.2, 0.25) is 0 Å². The minimum absolute atomic E-state index is 0.0906. The highest BCUT2D eigenvalue weighted by atomic mass is 79.9. The maximum Gasteiger partial charge on any atom is 0.293 e. The van der Waals surface area contributed by atoms with Gasteiger partial charge in [0, 0.05) is 6.04 Å². The Hall–Kier alpha value is -0.790. The molecule has 2 rings (SSSR count). The molecule has 1 saturated heterocycles. The average molecular weight is 463 g/mol. The summed E-state index contributed by atoms with van der Waals surface area (Å²) in [4.78, 5) is 26.2. The van der Waals surface area contributed by atoms with E-state index in [0.29, 0.717) is 11.5 Å².